The van der Waals surface area contributed by atoms with Crippen LogP contribution < -0.4 is 0 Å². The third kappa shape index (κ3) is 7.27. The maximum absolute atomic E-state index is 12.0. The van der Waals surface area contributed by atoms with Crippen molar-refractivity contribution in [3.8, 4) is 0 Å². The molecule has 0 spiro atoms. The quantitative estimate of drug-likeness (QED) is 0.401. The van der Waals surface area contributed by atoms with E-state index < -0.39 is 18.2 Å². The van der Waals surface area contributed by atoms with Gasteiger partial charge in [0.15, 0.2) is 0 Å². The number of aliphatic hydroxyl groups excluding tert-OH is 2. The first-order chi connectivity index (χ1) is 11.0. The van der Waals surface area contributed by atoms with Gasteiger partial charge in [-0.05, 0) is 25.2 Å². The standard InChI is InChI=1S/C18H30O5/c1-2-3-4-7-13(19)10-11-15-14(16(20)12-17(15)21)8-5-6-9-18(22)23/h10-11,13-16,19-20H,2-9,12H2,1H3,(H,22,23)/b11-10+/t13-,14-,15+,16+/m1/s1. The molecule has 0 bridgehead atoms. The van der Waals surface area contributed by atoms with Crippen molar-refractivity contribution in [2.24, 2.45) is 11.8 Å². The summed E-state index contributed by atoms with van der Waals surface area (Å²) in [5, 5.41) is 28.6. The van der Waals surface area contributed by atoms with Gasteiger partial charge in [0, 0.05) is 18.8 Å². The molecule has 0 aromatic carbocycles. The van der Waals surface area contributed by atoms with E-state index in [0.29, 0.717) is 25.7 Å². The van der Waals surface area contributed by atoms with Crippen LogP contribution in [0.25, 0.3) is 0 Å². The van der Waals surface area contributed by atoms with Gasteiger partial charge in [0.25, 0.3) is 0 Å². The number of rotatable bonds is 11. The lowest BCUT2D eigenvalue weighted by Gasteiger charge is -2.18. The highest BCUT2D eigenvalue weighted by Gasteiger charge is 2.39. The number of carboxylic acids is 1. The number of carboxylic acid groups (broad SMARTS) is 1. The van der Waals surface area contributed by atoms with Crippen molar-refractivity contribution in [3.63, 3.8) is 0 Å². The number of aliphatic hydroxyl groups is 2. The number of carbonyl (C=O) groups is 2. The smallest absolute Gasteiger partial charge is 0.303 e. The van der Waals surface area contributed by atoms with Crippen LogP contribution >= 0.6 is 0 Å². The molecule has 0 aromatic rings. The van der Waals surface area contributed by atoms with E-state index in [1.54, 1.807) is 12.2 Å². The molecule has 0 aromatic heterocycles. The Kier molecular flexibility index (Phi) is 9.10. The fourth-order valence-corrected chi connectivity index (χ4v) is 3.20. The number of Topliss-reactive ketones (excluding diaryl/α,β-unsaturated/α-hetero) is 1. The predicted molar refractivity (Wildman–Crippen MR) is 88.0 cm³/mol. The van der Waals surface area contributed by atoms with Gasteiger partial charge in [-0.15, -0.1) is 0 Å². The van der Waals surface area contributed by atoms with E-state index in [1.165, 1.54) is 0 Å². The molecular weight excluding hydrogens is 296 g/mol. The number of hydrogen-bond acceptors (Lipinski definition) is 4. The first kappa shape index (κ1) is 19.8. The molecule has 1 aliphatic carbocycles. The van der Waals surface area contributed by atoms with Crippen molar-refractivity contribution in [2.45, 2.75) is 76.9 Å². The molecule has 0 amide bonds. The zero-order chi connectivity index (χ0) is 17.2. The first-order valence-electron chi connectivity index (χ1n) is 8.74. The van der Waals surface area contributed by atoms with Crippen LogP contribution in [-0.4, -0.2) is 39.3 Å². The lowest BCUT2D eigenvalue weighted by molar-refractivity contribution is -0.137. The number of aliphatic carboxylic acids is 1. The Morgan fingerprint density at radius 2 is 2.04 bits per heavy atom. The Bertz CT molecular complexity index is 404. The van der Waals surface area contributed by atoms with Crippen LogP contribution in [0.15, 0.2) is 12.2 Å². The van der Waals surface area contributed by atoms with Gasteiger partial charge < -0.3 is 15.3 Å². The number of carbonyl (C=O) groups excluding carboxylic acids is 1. The van der Waals surface area contributed by atoms with Crippen molar-refractivity contribution in [3.05, 3.63) is 12.2 Å². The summed E-state index contributed by atoms with van der Waals surface area (Å²) in [4.78, 5) is 22.5. The molecule has 0 radical (unpaired) electrons. The Labute approximate surface area is 138 Å². The summed E-state index contributed by atoms with van der Waals surface area (Å²) < 4.78 is 0. The van der Waals surface area contributed by atoms with Gasteiger partial charge in [-0.25, -0.2) is 0 Å². The molecule has 3 N–H and O–H groups in total. The van der Waals surface area contributed by atoms with Gasteiger partial charge >= 0.3 is 5.97 Å². The number of ketones is 1. The molecule has 1 rings (SSSR count). The molecule has 5 nitrogen and oxygen atoms in total. The van der Waals surface area contributed by atoms with E-state index in [-0.39, 0.29) is 30.5 Å². The van der Waals surface area contributed by atoms with Crippen LogP contribution in [0.5, 0.6) is 0 Å². The second kappa shape index (κ2) is 10.6. The summed E-state index contributed by atoms with van der Waals surface area (Å²) in [5.41, 5.74) is 0. The topological polar surface area (TPSA) is 94.8 Å². The third-order valence-electron chi connectivity index (χ3n) is 4.56. The minimum Gasteiger partial charge on any atom is -0.481 e. The van der Waals surface area contributed by atoms with Crippen LogP contribution in [0, 0.1) is 11.8 Å². The van der Waals surface area contributed by atoms with Crippen molar-refractivity contribution in [1.29, 1.82) is 0 Å². The van der Waals surface area contributed by atoms with Crippen molar-refractivity contribution >= 4 is 11.8 Å². The molecule has 1 fully saturated rings. The van der Waals surface area contributed by atoms with Crippen LogP contribution in [0.2, 0.25) is 0 Å². The van der Waals surface area contributed by atoms with E-state index in [0.717, 1.165) is 19.3 Å². The Balaban J connectivity index is 2.48. The summed E-state index contributed by atoms with van der Waals surface area (Å²) >= 11 is 0. The fourth-order valence-electron chi connectivity index (χ4n) is 3.20. The molecule has 0 heterocycles. The summed E-state index contributed by atoms with van der Waals surface area (Å²) in [6, 6.07) is 0. The summed E-state index contributed by atoms with van der Waals surface area (Å²) in [6.45, 7) is 2.11. The minimum atomic E-state index is -0.820. The van der Waals surface area contributed by atoms with Gasteiger partial charge in [-0.1, -0.05) is 44.8 Å². The van der Waals surface area contributed by atoms with Crippen LogP contribution in [0.4, 0.5) is 0 Å². The summed E-state index contributed by atoms with van der Waals surface area (Å²) in [7, 11) is 0. The van der Waals surface area contributed by atoms with Gasteiger partial charge in [-0.2, -0.15) is 0 Å². The lowest BCUT2D eigenvalue weighted by atomic mass is 9.88. The van der Waals surface area contributed by atoms with Crippen molar-refractivity contribution in [2.75, 3.05) is 0 Å². The highest BCUT2D eigenvalue weighted by atomic mass is 16.4. The average molecular weight is 326 g/mol. The molecule has 4 atom stereocenters. The van der Waals surface area contributed by atoms with E-state index in [9.17, 15) is 19.8 Å². The zero-order valence-corrected chi connectivity index (χ0v) is 14.0. The molecule has 23 heavy (non-hydrogen) atoms. The van der Waals surface area contributed by atoms with Crippen LogP contribution in [0.3, 0.4) is 0 Å². The molecule has 5 heteroatoms. The van der Waals surface area contributed by atoms with Gasteiger partial charge in [0.1, 0.15) is 5.78 Å². The SMILES string of the molecule is CCCCC[C@@H](O)/C=C/[C@@H]1C(=O)C[C@H](O)[C@@H]1CCCCC(=O)O. The third-order valence-corrected chi connectivity index (χ3v) is 4.56. The molecule has 1 aliphatic rings. The molecular formula is C18H30O5. The highest BCUT2D eigenvalue weighted by Crippen LogP contribution is 2.34. The summed E-state index contributed by atoms with van der Waals surface area (Å²) in [5.74, 6) is -1.32. The predicted octanol–water partition coefficient (Wildman–Crippen LogP) is 2.69. The number of hydrogen-bond donors (Lipinski definition) is 3. The molecule has 0 unspecified atom stereocenters. The zero-order valence-electron chi connectivity index (χ0n) is 14.0. The molecule has 0 aliphatic heterocycles. The maximum atomic E-state index is 12.0. The van der Waals surface area contributed by atoms with Crippen molar-refractivity contribution < 1.29 is 24.9 Å². The van der Waals surface area contributed by atoms with Crippen LogP contribution in [0.1, 0.15) is 64.7 Å². The summed E-state index contributed by atoms with van der Waals surface area (Å²) in [6.07, 6.45) is 8.22. The van der Waals surface area contributed by atoms with Crippen molar-refractivity contribution in [1.82, 2.24) is 0 Å². The largest absolute Gasteiger partial charge is 0.481 e. The van der Waals surface area contributed by atoms with E-state index >= 15 is 0 Å². The van der Waals surface area contributed by atoms with Gasteiger partial charge in [0.2, 0.25) is 0 Å². The highest BCUT2D eigenvalue weighted by molar-refractivity contribution is 5.85. The average Bonchev–Trinajstić information content (AvgIpc) is 2.75. The van der Waals surface area contributed by atoms with E-state index in [2.05, 4.69) is 6.92 Å². The van der Waals surface area contributed by atoms with Gasteiger partial charge in [0.05, 0.1) is 12.2 Å². The van der Waals surface area contributed by atoms with E-state index in [4.69, 9.17) is 5.11 Å². The van der Waals surface area contributed by atoms with Crippen LogP contribution in [-0.2, 0) is 9.59 Å². The monoisotopic (exact) mass is 326 g/mol. The Hall–Kier alpha value is -1.20. The minimum absolute atomic E-state index is 0.0118. The first-order valence-corrected chi connectivity index (χ1v) is 8.74. The normalized spacial score (nSPS) is 26.0. The molecule has 132 valence electrons. The fraction of sp³-hybridized carbons (Fsp3) is 0.778. The second-order valence-electron chi connectivity index (χ2n) is 6.51. The lowest BCUT2D eigenvalue weighted by Crippen LogP contribution is -2.19. The number of unbranched alkanes of at least 4 members (excludes halogenated alkanes) is 3. The van der Waals surface area contributed by atoms with Gasteiger partial charge in [-0.3, -0.25) is 9.59 Å². The molecule has 0 saturated heterocycles. The Morgan fingerprint density at radius 3 is 2.70 bits per heavy atom. The van der Waals surface area contributed by atoms with E-state index in [1.807, 2.05) is 0 Å². The number of allylic oxidation sites excluding steroid dienone is 1. The molecule has 1 saturated carbocycles. The maximum Gasteiger partial charge on any atom is 0.303 e. The second-order valence-corrected chi connectivity index (χ2v) is 6.51. The Morgan fingerprint density at radius 1 is 1.30 bits per heavy atom.